The minimum Gasteiger partial charge on any atom is -0.493 e. The molecule has 2 aromatic carbocycles. The summed E-state index contributed by atoms with van der Waals surface area (Å²) in [4.78, 5) is 64.9. The topological polar surface area (TPSA) is 221 Å². The van der Waals surface area contributed by atoms with Crippen molar-refractivity contribution in [1.29, 1.82) is 0 Å². The summed E-state index contributed by atoms with van der Waals surface area (Å²) in [6.07, 6.45) is 0.737. The number of nitro benzene ring substituents is 2. The van der Waals surface area contributed by atoms with Crippen LogP contribution in [0.2, 0.25) is 0 Å². The molecule has 16 nitrogen and oxygen atoms in total. The lowest BCUT2D eigenvalue weighted by molar-refractivity contribution is -0.385. The molecule has 0 unspecified atom stereocenters. The number of nitro groups is 2. The average Bonchev–Trinajstić information content (AvgIpc) is 2.96. The number of methoxy groups -OCH3 is 3. The maximum absolute atomic E-state index is 11.5. The van der Waals surface area contributed by atoms with E-state index in [0.29, 0.717) is 6.42 Å². The number of carbonyl (C=O) groups excluding carboxylic acids is 3. The van der Waals surface area contributed by atoms with Crippen molar-refractivity contribution in [3.05, 3.63) is 55.6 Å². The number of ether oxygens (including phenoxy) is 5. The third kappa shape index (κ3) is 11.3. The molecule has 2 rings (SSSR count). The molecule has 43 heavy (non-hydrogen) atoms. The number of hydrogen-bond donors (Lipinski definition) is 1. The van der Waals surface area contributed by atoms with Gasteiger partial charge in [0.2, 0.25) is 0 Å². The van der Waals surface area contributed by atoms with Gasteiger partial charge in [-0.15, -0.1) is 0 Å². The Morgan fingerprint density at radius 3 is 1.40 bits per heavy atom. The number of benzene rings is 2. The monoisotopic (exact) mass is 608 g/mol. The van der Waals surface area contributed by atoms with Crippen molar-refractivity contribution in [3.63, 3.8) is 0 Å². The van der Waals surface area contributed by atoms with Crippen LogP contribution in [0.5, 0.6) is 23.0 Å². The summed E-state index contributed by atoms with van der Waals surface area (Å²) in [5, 5.41) is 30.5. The molecule has 0 saturated heterocycles. The highest BCUT2D eigenvalue weighted by Gasteiger charge is 2.23. The first kappa shape index (κ1) is 35.7. The van der Waals surface area contributed by atoms with Gasteiger partial charge in [0.05, 0.1) is 67.6 Å². The van der Waals surface area contributed by atoms with E-state index in [1.54, 1.807) is 0 Å². The van der Waals surface area contributed by atoms with E-state index < -0.39 is 27.4 Å². The van der Waals surface area contributed by atoms with E-state index in [1.165, 1.54) is 47.3 Å². The lowest BCUT2D eigenvalue weighted by Crippen LogP contribution is -2.07. The Kier molecular flexibility index (Phi) is 14.6. The van der Waals surface area contributed by atoms with Crippen molar-refractivity contribution < 1.29 is 57.8 Å². The SMILES string of the molecule is COC(=O)CCCOc1cc([N+](=O)[O-])c(C(C)=O)cc1OC.COc1cc(C(C)=O)c([N+](=O)[O-])cc1OCCCC(=O)O. The van der Waals surface area contributed by atoms with Gasteiger partial charge in [-0.3, -0.25) is 39.4 Å². The van der Waals surface area contributed by atoms with E-state index in [0.717, 1.165) is 12.1 Å². The summed E-state index contributed by atoms with van der Waals surface area (Å²) in [5.74, 6) is -1.59. The standard InChI is InChI=1S/C14H17NO7.C13H15NO7/c1-9(16)10-7-12(20-2)13(8-11(10)15(18)19)22-6-4-5-14(17)21-3;1-8(15)9-6-11(20-2)12(7-10(9)14(18)19)21-5-3-4-13(16)17/h7-8H,4-6H2,1-3H3;6-7H,3-5H2,1-2H3,(H,16,17). The molecule has 0 spiro atoms. The highest BCUT2D eigenvalue weighted by molar-refractivity contribution is 5.99. The molecular formula is C27H32N2O14. The Morgan fingerprint density at radius 2 is 1.09 bits per heavy atom. The highest BCUT2D eigenvalue weighted by atomic mass is 16.6. The van der Waals surface area contributed by atoms with Crippen LogP contribution in [0.1, 0.15) is 60.2 Å². The lowest BCUT2D eigenvalue weighted by Gasteiger charge is -2.11. The number of carbonyl (C=O) groups is 4. The molecule has 0 aliphatic heterocycles. The van der Waals surface area contributed by atoms with Gasteiger partial charge < -0.3 is 28.8 Å². The van der Waals surface area contributed by atoms with Crippen LogP contribution >= 0.6 is 0 Å². The predicted molar refractivity (Wildman–Crippen MR) is 148 cm³/mol. The van der Waals surface area contributed by atoms with Crippen molar-refractivity contribution in [2.75, 3.05) is 34.5 Å². The minimum absolute atomic E-state index is 0.0521. The summed E-state index contributed by atoms with van der Waals surface area (Å²) in [6.45, 7) is 2.68. The molecule has 0 amide bonds. The first-order valence-corrected chi connectivity index (χ1v) is 12.6. The van der Waals surface area contributed by atoms with Gasteiger partial charge in [0.1, 0.15) is 0 Å². The molecule has 16 heteroatoms. The van der Waals surface area contributed by atoms with Crippen LogP contribution < -0.4 is 18.9 Å². The van der Waals surface area contributed by atoms with Gasteiger partial charge in [-0.05, 0) is 26.7 Å². The van der Waals surface area contributed by atoms with Crippen molar-refractivity contribution in [3.8, 4) is 23.0 Å². The van der Waals surface area contributed by atoms with Crippen LogP contribution in [0.15, 0.2) is 24.3 Å². The lowest BCUT2D eigenvalue weighted by atomic mass is 10.1. The Balaban J connectivity index is 0.000000430. The first-order valence-electron chi connectivity index (χ1n) is 12.6. The number of nitrogens with zero attached hydrogens (tertiary/aromatic N) is 2. The normalized spacial score (nSPS) is 9.98. The Bertz CT molecular complexity index is 1360. The Morgan fingerprint density at radius 1 is 0.698 bits per heavy atom. The summed E-state index contributed by atoms with van der Waals surface area (Å²) in [7, 11) is 4.00. The van der Waals surface area contributed by atoms with E-state index in [1.807, 2.05) is 0 Å². The number of Topliss-reactive ketones (excluding diaryl/α,β-unsaturated/α-hetero) is 2. The quantitative estimate of drug-likeness (QED) is 0.0928. The van der Waals surface area contributed by atoms with E-state index in [4.69, 9.17) is 24.1 Å². The Hall–Kier alpha value is -5.28. The summed E-state index contributed by atoms with van der Waals surface area (Å²) < 4.78 is 25.3. The number of carboxylic acids is 1. The molecule has 0 aromatic heterocycles. The zero-order valence-electron chi connectivity index (χ0n) is 24.2. The van der Waals surface area contributed by atoms with Gasteiger partial charge in [0.15, 0.2) is 34.6 Å². The van der Waals surface area contributed by atoms with E-state index >= 15 is 0 Å². The fraction of sp³-hybridized carbons (Fsp3) is 0.407. The molecule has 2 aromatic rings. The average molecular weight is 609 g/mol. The first-order chi connectivity index (χ1) is 20.3. The molecule has 234 valence electrons. The Labute approximate surface area is 245 Å². The zero-order chi connectivity index (χ0) is 32.7. The molecule has 0 aliphatic carbocycles. The second-order valence-electron chi connectivity index (χ2n) is 8.54. The van der Waals surface area contributed by atoms with Crippen LogP contribution in [-0.4, -0.2) is 73.0 Å². The molecule has 1 N–H and O–H groups in total. The summed E-state index contributed by atoms with van der Waals surface area (Å²) in [6, 6.07) is 4.77. The third-order valence-electron chi connectivity index (χ3n) is 5.52. The minimum atomic E-state index is -0.955. The van der Waals surface area contributed by atoms with Gasteiger partial charge in [-0.2, -0.15) is 0 Å². The van der Waals surface area contributed by atoms with Crippen LogP contribution in [0.4, 0.5) is 11.4 Å². The van der Waals surface area contributed by atoms with Gasteiger partial charge in [0.25, 0.3) is 11.4 Å². The largest absolute Gasteiger partial charge is 0.493 e. The fourth-order valence-corrected chi connectivity index (χ4v) is 3.42. The van der Waals surface area contributed by atoms with Crippen LogP contribution in [0.3, 0.4) is 0 Å². The summed E-state index contributed by atoms with van der Waals surface area (Å²) in [5.41, 5.74) is -0.855. The number of aliphatic carboxylic acids is 1. The number of hydrogen-bond acceptors (Lipinski definition) is 13. The molecule has 0 atom stereocenters. The predicted octanol–water partition coefficient (Wildman–Crippen LogP) is 4.19. The second-order valence-corrected chi connectivity index (χ2v) is 8.54. The molecule has 0 saturated carbocycles. The number of rotatable bonds is 16. The summed E-state index contributed by atoms with van der Waals surface area (Å²) >= 11 is 0. The molecule has 0 heterocycles. The van der Waals surface area contributed by atoms with Gasteiger partial charge in [-0.25, -0.2) is 0 Å². The van der Waals surface area contributed by atoms with Crippen LogP contribution in [0.25, 0.3) is 0 Å². The van der Waals surface area contributed by atoms with Crippen LogP contribution in [0, 0.1) is 20.2 Å². The van der Waals surface area contributed by atoms with Crippen molar-refractivity contribution in [1.82, 2.24) is 0 Å². The second kappa shape index (κ2) is 17.5. The fourth-order valence-electron chi connectivity index (χ4n) is 3.42. The van der Waals surface area contributed by atoms with E-state index in [-0.39, 0.29) is 83.9 Å². The van der Waals surface area contributed by atoms with Crippen molar-refractivity contribution >= 4 is 34.9 Å². The third-order valence-corrected chi connectivity index (χ3v) is 5.52. The molecule has 0 bridgehead atoms. The maximum Gasteiger partial charge on any atom is 0.305 e. The highest BCUT2D eigenvalue weighted by Crippen LogP contribution is 2.36. The number of carboxylic acid groups (broad SMARTS) is 1. The number of ketones is 2. The van der Waals surface area contributed by atoms with Crippen LogP contribution in [-0.2, 0) is 14.3 Å². The van der Waals surface area contributed by atoms with E-state index in [9.17, 15) is 39.4 Å². The van der Waals surface area contributed by atoms with Gasteiger partial charge >= 0.3 is 11.9 Å². The molecule has 0 fully saturated rings. The smallest absolute Gasteiger partial charge is 0.305 e. The van der Waals surface area contributed by atoms with E-state index in [2.05, 4.69) is 4.74 Å². The molecule has 0 aliphatic rings. The van der Waals surface area contributed by atoms with Crippen molar-refractivity contribution in [2.45, 2.75) is 39.5 Å². The van der Waals surface area contributed by atoms with Crippen molar-refractivity contribution in [2.24, 2.45) is 0 Å². The molecule has 0 radical (unpaired) electrons. The molecular weight excluding hydrogens is 576 g/mol. The van der Waals surface area contributed by atoms with Gasteiger partial charge in [0, 0.05) is 25.0 Å². The maximum atomic E-state index is 11.5. The van der Waals surface area contributed by atoms with Gasteiger partial charge in [-0.1, -0.05) is 0 Å². The number of esters is 1. The zero-order valence-corrected chi connectivity index (χ0v) is 24.2.